The zero-order valence-corrected chi connectivity index (χ0v) is 11.1. The molecule has 0 heterocycles. The molecular weight excluding hydrogens is 244 g/mol. The van der Waals surface area contributed by atoms with E-state index in [9.17, 15) is 8.78 Å². The highest BCUT2D eigenvalue weighted by Crippen LogP contribution is 2.25. The van der Waals surface area contributed by atoms with Crippen molar-refractivity contribution < 1.29 is 8.78 Å². The first-order valence-corrected chi connectivity index (χ1v) is 6.37. The maximum absolute atomic E-state index is 13.4. The van der Waals surface area contributed by atoms with Gasteiger partial charge in [0.2, 0.25) is 0 Å². The van der Waals surface area contributed by atoms with Crippen LogP contribution in [0, 0.1) is 18.6 Å². The van der Waals surface area contributed by atoms with Crippen LogP contribution in [0.25, 0.3) is 0 Å². The summed E-state index contributed by atoms with van der Waals surface area (Å²) in [6, 6.07) is 11.9. The van der Waals surface area contributed by atoms with Crippen molar-refractivity contribution in [3.8, 4) is 0 Å². The SMILES string of the molecule is CCNC(c1ccc(F)c(F)c1)c1ccccc1C. The lowest BCUT2D eigenvalue weighted by Gasteiger charge is -2.21. The number of nitrogens with one attached hydrogen (secondary N) is 1. The van der Waals surface area contributed by atoms with E-state index in [-0.39, 0.29) is 6.04 Å². The van der Waals surface area contributed by atoms with E-state index >= 15 is 0 Å². The van der Waals surface area contributed by atoms with Gasteiger partial charge in [0.15, 0.2) is 11.6 Å². The number of hydrogen-bond donors (Lipinski definition) is 1. The van der Waals surface area contributed by atoms with E-state index in [4.69, 9.17) is 0 Å². The molecule has 0 spiro atoms. The highest BCUT2D eigenvalue weighted by Gasteiger charge is 2.16. The van der Waals surface area contributed by atoms with Crippen LogP contribution in [0.2, 0.25) is 0 Å². The van der Waals surface area contributed by atoms with Crippen LogP contribution in [0.1, 0.15) is 29.7 Å². The average molecular weight is 261 g/mol. The summed E-state index contributed by atoms with van der Waals surface area (Å²) in [6.07, 6.45) is 0. The topological polar surface area (TPSA) is 12.0 Å². The molecule has 1 nitrogen and oxygen atoms in total. The summed E-state index contributed by atoms with van der Waals surface area (Å²) >= 11 is 0. The molecule has 1 unspecified atom stereocenters. The summed E-state index contributed by atoms with van der Waals surface area (Å²) in [5, 5.41) is 3.31. The summed E-state index contributed by atoms with van der Waals surface area (Å²) in [5.41, 5.74) is 2.93. The fourth-order valence-electron chi connectivity index (χ4n) is 2.21. The Bertz CT molecular complexity index is 566. The van der Waals surface area contributed by atoms with Gasteiger partial charge in [-0.2, -0.15) is 0 Å². The molecule has 0 aliphatic heterocycles. The summed E-state index contributed by atoms with van der Waals surface area (Å²) in [6.45, 7) is 4.75. The standard InChI is InChI=1S/C16H17F2N/c1-3-19-16(13-7-5-4-6-11(13)2)12-8-9-14(17)15(18)10-12/h4-10,16,19H,3H2,1-2H3. The van der Waals surface area contributed by atoms with Crippen LogP contribution in [0.3, 0.4) is 0 Å². The lowest BCUT2D eigenvalue weighted by Crippen LogP contribution is -2.23. The van der Waals surface area contributed by atoms with E-state index in [1.165, 1.54) is 12.1 Å². The van der Waals surface area contributed by atoms with Gasteiger partial charge in [-0.05, 0) is 42.3 Å². The van der Waals surface area contributed by atoms with Crippen LogP contribution >= 0.6 is 0 Å². The van der Waals surface area contributed by atoms with E-state index in [2.05, 4.69) is 5.32 Å². The molecule has 0 saturated heterocycles. The van der Waals surface area contributed by atoms with Crippen molar-refractivity contribution in [3.05, 3.63) is 70.8 Å². The minimum absolute atomic E-state index is 0.124. The second kappa shape index (κ2) is 5.93. The van der Waals surface area contributed by atoms with Crippen LogP contribution in [0.15, 0.2) is 42.5 Å². The molecule has 0 radical (unpaired) electrons. The maximum atomic E-state index is 13.4. The molecule has 2 aromatic rings. The minimum atomic E-state index is -0.816. The van der Waals surface area contributed by atoms with Crippen molar-refractivity contribution in [1.29, 1.82) is 0 Å². The zero-order chi connectivity index (χ0) is 13.8. The van der Waals surface area contributed by atoms with Crippen molar-refractivity contribution in [2.24, 2.45) is 0 Å². The largest absolute Gasteiger partial charge is 0.307 e. The number of benzene rings is 2. The molecule has 0 aliphatic carbocycles. The van der Waals surface area contributed by atoms with Gasteiger partial charge in [-0.1, -0.05) is 37.3 Å². The summed E-state index contributed by atoms with van der Waals surface area (Å²) in [4.78, 5) is 0. The molecule has 1 N–H and O–H groups in total. The van der Waals surface area contributed by atoms with Crippen molar-refractivity contribution in [2.45, 2.75) is 19.9 Å². The van der Waals surface area contributed by atoms with Gasteiger partial charge in [0.25, 0.3) is 0 Å². The van der Waals surface area contributed by atoms with Crippen molar-refractivity contribution >= 4 is 0 Å². The second-order valence-electron chi connectivity index (χ2n) is 4.52. The Morgan fingerprint density at radius 3 is 2.42 bits per heavy atom. The van der Waals surface area contributed by atoms with Crippen LogP contribution in [-0.2, 0) is 0 Å². The minimum Gasteiger partial charge on any atom is -0.307 e. The number of hydrogen-bond acceptors (Lipinski definition) is 1. The molecule has 0 aromatic heterocycles. The highest BCUT2D eigenvalue weighted by atomic mass is 19.2. The van der Waals surface area contributed by atoms with Gasteiger partial charge in [0.1, 0.15) is 0 Å². The predicted molar refractivity (Wildman–Crippen MR) is 73.1 cm³/mol. The normalized spacial score (nSPS) is 12.4. The molecular formula is C16H17F2N. The molecule has 0 saturated carbocycles. The molecule has 0 fully saturated rings. The van der Waals surface area contributed by atoms with E-state index in [1.54, 1.807) is 6.07 Å². The van der Waals surface area contributed by atoms with Crippen molar-refractivity contribution in [3.63, 3.8) is 0 Å². The Balaban J connectivity index is 2.45. The Hall–Kier alpha value is -1.74. The first-order valence-electron chi connectivity index (χ1n) is 6.37. The third-order valence-electron chi connectivity index (χ3n) is 3.18. The van der Waals surface area contributed by atoms with Gasteiger partial charge in [0, 0.05) is 0 Å². The molecule has 2 aromatic carbocycles. The van der Waals surface area contributed by atoms with Gasteiger partial charge < -0.3 is 5.32 Å². The van der Waals surface area contributed by atoms with Gasteiger partial charge in [0.05, 0.1) is 6.04 Å². The lowest BCUT2D eigenvalue weighted by atomic mass is 9.95. The maximum Gasteiger partial charge on any atom is 0.159 e. The lowest BCUT2D eigenvalue weighted by molar-refractivity contribution is 0.504. The van der Waals surface area contributed by atoms with E-state index in [0.717, 1.165) is 23.2 Å². The summed E-state index contributed by atoms with van der Waals surface area (Å²) in [5.74, 6) is -1.63. The van der Waals surface area contributed by atoms with E-state index in [1.807, 2.05) is 38.1 Å². The van der Waals surface area contributed by atoms with Crippen LogP contribution in [0.5, 0.6) is 0 Å². The van der Waals surface area contributed by atoms with E-state index < -0.39 is 11.6 Å². The van der Waals surface area contributed by atoms with Gasteiger partial charge in [-0.3, -0.25) is 0 Å². The number of rotatable bonds is 4. The zero-order valence-electron chi connectivity index (χ0n) is 11.1. The fourth-order valence-corrected chi connectivity index (χ4v) is 2.21. The molecule has 3 heteroatoms. The fraction of sp³-hybridized carbons (Fsp3) is 0.250. The molecule has 2 rings (SSSR count). The van der Waals surface area contributed by atoms with Gasteiger partial charge in [-0.25, -0.2) is 8.78 Å². The predicted octanol–water partition coefficient (Wildman–Crippen LogP) is 3.97. The molecule has 0 amide bonds. The third-order valence-corrected chi connectivity index (χ3v) is 3.18. The molecule has 100 valence electrons. The van der Waals surface area contributed by atoms with Crippen LogP contribution in [0.4, 0.5) is 8.78 Å². The molecule has 19 heavy (non-hydrogen) atoms. The summed E-state index contributed by atoms with van der Waals surface area (Å²) in [7, 11) is 0. The van der Waals surface area contributed by atoms with Crippen molar-refractivity contribution in [2.75, 3.05) is 6.54 Å². The Morgan fingerprint density at radius 1 is 1.05 bits per heavy atom. The molecule has 0 aliphatic rings. The average Bonchev–Trinajstić information content (AvgIpc) is 2.40. The highest BCUT2D eigenvalue weighted by molar-refractivity contribution is 5.37. The second-order valence-corrected chi connectivity index (χ2v) is 4.52. The Kier molecular flexibility index (Phi) is 4.27. The Labute approximate surface area is 112 Å². The molecule has 0 bridgehead atoms. The number of aryl methyl sites for hydroxylation is 1. The van der Waals surface area contributed by atoms with Gasteiger partial charge >= 0.3 is 0 Å². The smallest absolute Gasteiger partial charge is 0.159 e. The van der Waals surface area contributed by atoms with Crippen LogP contribution in [-0.4, -0.2) is 6.54 Å². The van der Waals surface area contributed by atoms with Crippen molar-refractivity contribution in [1.82, 2.24) is 5.32 Å². The first kappa shape index (κ1) is 13.7. The van der Waals surface area contributed by atoms with Gasteiger partial charge in [-0.15, -0.1) is 0 Å². The first-order chi connectivity index (χ1) is 9.13. The summed E-state index contributed by atoms with van der Waals surface area (Å²) < 4.78 is 26.4. The Morgan fingerprint density at radius 2 is 1.79 bits per heavy atom. The molecule has 1 atom stereocenters. The monoisotopic (exact) mass is 261 g/mol. The van der Waals surface area contributed by atoms with E-state index in [0.29, 0.717) is 0 Å². The van der Waals surface area contributed by atoms with Crippen LogP contribution < -0.4 is 5.32 Å². The number of halogens is 2. The quantitative estimate of drug-likeness (QED) is 0.878. The third kappa shape index (κ3) is 2.99.